The highest BCUT2D eigenvalue weighted by Crippen LogP contribution is 2.15. The molecule has 0 saturated heterocycles. The van der Waals surface area contributed by atoms with E-state index in [1.54, 1.807) is 7.05 Å². The summed E-state index contributed by atoms with van der Waals surface area (Å²) in [4.78, 5) is 11.0. The summed E-state index contributed by atoms with van der Waals surface area (Å²) in [5.41, 5.74) is 0.841. The van der Waals surface area contributed by atoms with E-state index in [1.807, 2.05) is 31.2 Å². The Morgan fingerprint density at radius 2 is 2.00 bits per heavy atom. The van der Waals surface area contributed by atoms with Crippen LogP contribution < -0.4 is 20.7 Å². The molecule has 1 rings (SSSR count). The lowest BCUT2D eigenvalue weighted by molar-refractivity contribution is -0.119. The van der Waals surface area contributed by atoms with E-state index in [0.717, 1.165) is 11.4 Å². The number of amides is 1. The van der Waals surface area contributed by atoms with Gasteiger partial charge in [-0.15, -0.1) is 0 Å². The number of hydrogen-bond donors (Lipinski definition) is 3. The third kappa shape index (κ3) is 5.01. The van der Waals surface area contributed by atoms with Gasteiger partial charge >= 0.3 is 0 Å². The van der Waals surface area contributed by atoms with Gasteiger partial charge < -0.3 is 20.7 Å². The molecule has 0 atom stereocenters. The third-order valence-corrected chi connectivity index (χ3v) is 2.36. The molecule has 3 N–H and O–H groups in total. The van der Waals surface area contributed by atoms with Crippen LogP contribution in [0.15, 0.2) is 24.3 Å². The molecule has 1 amide bonds. The fraction of sp³-hybridized carbons (Fsp3) is 0.333. The van der Waals surface area contributed by atoms with E-state index in [0.29, 0.717) is 11.7 Å². The molecule has 0 aromatic heterocycles. The van der Waals surface area contributed by atoms with Gasteiger partial charge in [-0.2, -0.15) is 0 Å². The maximum Gasteiger partial charge on any atom is 0.239 e. The lowest BCUT2D eigenvalue weighted by atomic mass is 10.3. The number of carbonyl (C=O) groups is 1. The highest BCUT2D eigenvalue weighted by Gasteiger charge is 2.01. The van der Waals surface area contributed by atoms with E-state index in [2.05, 4.69) is 16.0 Å². The van der Waals surface area contributed by atoms with Crippen LogP contribution in [0.5, 0.6) is 5.75 Å². The summed E-state index contributed by atoms with van der Waals surface area (Å²) in [7, 11) is 1.58. The monoisotopic (exact) mass is 267 g/mol. The molecule has 0 bridgehead atoms. The molecule has 0 saturated carbocycles. The number of carbonyl (C=O) groups excluding carboxylic acids is 1. The number of hydrogen-bond acceptors (Lipinski definition) is 3. The highest BCUT2D eigenvalue weighted by molar-refractivity contribution is 7.80. The molecule has 0 unspecified atom stereocenters. The zero-order valence-corrected chi connectivity index (χ0v) is 11.3. The zero-order valence-electron chi connectivity index (χ0n) is 10.4. The van der Waals surface area contributed by atoms with E-state index in [9.17, 15) is 4.79 Å². The number of ether oxygens (including phenoxy) is 1. The van der Waals surface area contributed by atoms with Crippen LogP contribution in [-0.2, 0) is 4.79 Å². The van der Waals surface area contributed by atoms with Crippen LogP contribution in [0.2, 0.25) is 0 Å². The summed E-state index contributed by atoms with van der Waals surface area (Å²) >= 11 is 5.05. The maximum absolute atomic E-state index is 11.0. The Hall–Kier alpha value is -1.82. The smallest absolute Gasteiger partial charge is 0.239 e. The summed E-state index contributed by atoms with van der Waals surface area (Å²) < 4.78 is 5.33. The minimum absolute atomic E-state index is 0.120. The van der Waals surface area contributed by atoms with E-state index in [1.165, 1.54) is 0 Å². The van der Waals surface area contributed by atoms with Gasteiger partial charge in [0.2, 0.25) is 5.91 Å². The average Bonchev–Trinajstić information content (AvgIpc) is 2.38. The van der Waals surface area contributed by atoms with Crippen molar-refractivity contribution >= 4 is 28.9 Å². The van der Waals surface area contributed by atoms with Gasteiger partial charge in [0.05, 0.1) is 13.2 Å². The molecule has 0 heterocycles. The van der Waals surface area contributed by atoms with Crippen LogP contribution in [0, 0.1) is 0 Å². The van der Waals surface area contributed by atoms with Crippen molar-refractivity contribution < 1.29 is 9.53 Å². The first-order chi connectivity index (χ1) is 8.65. The Morgan fingerprint density at radius 1 is 1.33 bits per heavy atom. The molecule has 0 fully saturated rings. The van der Waals surface area contributed by atoms with Crippen molar-refractivity contribution in [2.75, 3.05) is 25.5 Å². The van der Waals surface area contributed by atoms with E-state index in [-0.39, 0.29) is 12.5 Å². The van der Waals surface area contributed by atoms with Gasteiger partial charge in [-0.25, -0.2) is 0 Å². The molecular formula is C12H17N3O2S. The van der Waals surface area contributed by atoms with Gasteiger partial charge in [-0.3, -0.25) is 4.79 Å². The fourth-order valence-corrected chi connectivity index (χ4v) is 1.42. The first-order valence-electron chi connectivity index (χ1n) is 5.64. The topological polar surface area (TPSA) is 62.4 Å². The largest absolute Gasteiger partial charge is 0.494 e. The lowest BCUT2D eigenvalue weighted by Crippen LogP contribution is -2.37. The summed E-state index contributed by atoms with van der Waals surface area (Å²) in [6.07, 6.45) is 0. The minimum atomic E-state index is -0.120. The first kappa shape index (κ1) is 14.2. The van der Waals surface area contributed by atoms with Crippen LogP contribution in [0.3, 0.4) is 0 Å². The molecule has 5 nitrogen and oxygen atoms in total. The van der Waals surface area contributed by atoms with Gasteiger partial charge in [0, 0.05) is 12.7 Å². The molecule has 98 valence electrons. The van der Waals surface area contributed by atoms with Crippen molar-refractivity contribution in [3.05, 3.63) is 24.3 Å². The second-order valence-electron chi connectivity index (χ2n) is 3.44. The molecule has 0 spiro atoms. The van der Waals surface area contributed by atoms with E-state index >= 15 is 0 Å². The van der Waals surface area contributed by atoms with Crippen molar-refractivity contribution in [2.45, 2.75) is 6.92 Å². The van der Waals surface area contributed by atoms with Crippen LogP contribution in [0.1, 0.15) is 6.92 Å². The molecule has 1 aromatic carbocycles. The van der Waals surface area contributed by atoms with Crippen molar-refractivity contribution in [1.82, 2.24) is 10.6 Å². The Bertz CT molecular complexity index is 406. The molecule has 0 aliphatic rings. The van der Waals surface area contributed by atoms with Crippen LogP contribution in [-0.4, -0.2) is 31.2 Å². The number of anilines is 1. The number of benzene rings is 1. The molecule has 0 aliphatic carbocycles. The standard InChI is InChI=1S/C12H17N3O2S/c1-3-17-10-6-4-9(5-7-10)15-12(18)14-8-11(16)13-2/h4-7H,3,8H2,1-2H3,(H,13,16)(H2,14,15,18). The maximum atomic E-state index is 11.0. The lowest BCUT2D eigenvalue weighted by Gasteiger charge is -2.10. The van der Waals surface area contributed by atoms with Gasteiger partial charge in [0.25, 0.3) is 0 Å². The minimum Gasteiger partial charge on any atom is -0.494 e. The van der Waals surface area contributed by atoms with Crippen molar-refractivity contribution in [3.8, 4) is 5.75 Å². The highest BCUT2D eigenvalue weighted by atomic mass is 32.1. The predicted octanol–water partition coefficient (Wildman–Crippen LogP) is 1.12. The number of nitrogens with one attached hydrogen (secondary N) is 3. The van der Waals surface area contributed by atoms with Crippen LogP contribution >= 0.6 is 12.2 Å². The number of rotatable bonds is 5. The predicted molar refractivity (Wildman–Crippen MR) is 75.9 cm³/mol. The average molecular weight is 267 g/mol. The first-order valence-corrected chi connectivity index (χ1v) is 6.04. The number of likely N-dealkylation sites (N-methyl/N-ethyl adjacent to an activating group) is 1. The second kappa shape index (κ2) is 7.50. The SMILES string of the molecule is CCOc1ccc(NC(=S)NCC(=O)NC)cc1. The normalized spacial score (nSPS) is 9.44. The summed E-state index contributed by atoms with van der Waals surface area (Å²) in [5, 5.41) is 8.68. The Morgan fingerprint density at radius 3 is 2.56 bits per heavy atom. The zero-order chi connectivity index (χ0) is 13.4. The molecule has 1 aromatic rings. The van der Waals surface area contributed by atoms with Crippen LogP contribution in [0.4, 0.5) is 5.69 Å². The van der Waals surface area contributed by atoms with Crippen LogP contribution in [0.25, 0.3) is 0 Å². The van der Waals surface area contributed by atoms with Gasteiger partial charge in [0.1, 0.15) is 5.75 Å². The summed E-state index contributed by atoms with van der Waals surface area (Å²) in [6, 6.07) is 7.43. The van der Waals surface area contributed by atoms with Crippen molar-refractivity contribution in [3.63, 3.8) is 0 Å². The Balaban J connectivity index is 2.42. The summed E-state index contributed by atoms with van der Waals surface area (Å²) in [5.74, 6) is 0.693. The second-order valence-corrected chi connectivity index (χ2v) is 3.85. The molecular weight excluding hydrogens is 250 g/mol. The van der Waals surface area contributed by atoms with Gasteiger partial charge in [-0.1, -0.05) is 0 Å². The van der Waals surface area contributed by atoms with Crippen molar-refractivity contribution in [1.29, 1.82) is 0 Å². The van der Waals surface area contributed by atoms with Gasteiger partial charge in [-0.05, 0) is 43.4 Å². The Labute approximate surface area is 112 Å². The molecule has 0 radical (unpaired) electrons. The number of thiocarbonyl (C=S) groups is 1. The quantitative estimate of drug-likeness (QED) is 0.698. The van der Waals surface area contributed by atoms with Gasteiger partial charge in [0.15, 0.2) is 5.11 Å². The fourth-order valence-electron chi connectivity index (χ4n) is 1.23. The Kier molecular flexibility index (Phi) is 5.93. The summed E-state index contributed by atoms with van der Waals surface area (Å²) in [6.45, 7) is 2.72. The molecule has 0 aliphatic heterocycles. The van der Waals surface area contributed by atoms with E-state index in [4.69, 9.17) is 17.0 Å². The molecule has 6 heteroatoms. The third-order valence-electron chi connectivity index (χ3n) is 2.11. The molecule has 18 heavy (non-hydrogen) atoms. The van der Waals surface area contributed by atoms with E-state index < -0.39 is 0 Å². The van der Waals surface area contributed by atoms with Crippen molar-refractivity contribution in [2.24, 2.45) is 0 Å².